The van der Waals surface area contributed by atoms with Crippen molar-refractivity contribution in [3.63, 3.8) is 0 Å². The van der Waals surface area contributed by atoms with Gasteiger partial charge < -0.3 is 5.32 Å². The molecule has 2 aromatic rings. The molecule has 1 aliphatic rings. The zero-order valence-electron chi connectivity index (χ0n) is 9.57. The Labute approximate surface area is 106 Å². The highest BCUT2D eigenvalue weighted by Crippen LogP contribution is 2.38. The van der Waals surface area contributed by atoms with Gasteiger partial charge in [-0.1, -0.05) is 23.7 Å². The summed E-state index contributed by atoms with van der Waals surface area (Å²) >= 11 is 6.13. The minimum atomic E-state index is 0.316. The number of anilines is 1. The Kier molecular flexibility index (Phi) is 2.52. The second kappa shape index (κ2) is 4.04. The molecule has 1 N–H and O–H groups in total. The van der Waals surface area contributed by atoms with Gasteiger partial charge in [0.15, 0.2) is 0 Å². The number of pyridine rings is 1. The molecule has 1 aliphatic heterocycles. The third-order valence-corrected chi connectivity index (χ3v) is 3.72. The fourth-order valence-electron chi connectivity index (χ4n) is 2.34. The molecule has 1 aromatic carbocycles. The van der Waals surface area contributed by atoms with Gasteiger partial charge in [0.25, 0.3) is 0 Å². The van der Waals surface area contributed by atoms with Crippen LogP contribution < -0.4 is 5.32 Å². The molecule has 86 valence electrons. The molecular weight excluding hydrogens is 232 g/mol. The average molecular weight is 245 g/mol. The van der Waals surface area contributed by atoms with E-state index in [1.54, 1.807) is 6.20 Å². The van der Waals surface area contributed by atoms with Crippen LogP contribution in [0.15, 0.2) is 36.7 Å². The van der Waals surface area contributed by atoms with Crippen molar-refractivity contribution in [2.75, 3.05) is 5.32 Å². The molecule has 0 saturated heterocycles. The van der Waals surface area contributed by atoms with Gasteiger partial charge in [-0.25, -0.2) is 0 Å². The minimum Gasteiger partial charge on any atom is -0.377 e. The minimum absolute atomic E-state index is 0.316. The van der Waals surface area contributed by atoms with E-state index in [-0.39, 0.29) is 0 Å². The normalized spacial score (nSPS) is 17.6. The summed E-state index contributed by atoms with van der Waals surface area (Å²) < 4.78 is 0. The van der Waals surface area contributed by atoms with E-state index in [4.69, 9.17) is 11.6 Å². The second-order valence-electron chi connectivity index (χ2n) is 4.39. The van der Waals surface area contributed by atoms with E-state index in [1.807, 2.05) is 18.3 Å². The summed E-state index contributed by atoms with van der Waals surface area (Å²) in [6.07, 6.45) is 4.72. The zero-order valence-corrected chi connectivity index (χ0v) is 10.3. The molecule has 0 fully saturated rings. The highest BCUT2D eigenvalue weighted by atomic mass is 35.5. The van der Waals surface area contributed by atoms with Crippen LogP contribution in [0.5, 0.6) is 0 Å². The molecule has 1 aromatic heterocycles. The largest absolute Gasteiger partial charge is 0.377 e. The Hall–Kier alpha value is -1.54. The first kappa shape index (κ1) is 10.6. The molecule has 0 radical (unpaired) electrons. The van der Waals surface area contributed by atoms with Crippen molar-refractivity contribution >= 4 is 17.3 Å². The van der Waals surface area contributed by atoms with Crippen LogP contribution >= 0.6 is 11.6 Å². The van der Waals surface area contributed by atoms with Crippen molar-refractivity contribution < 1.29 is 0 Å². The predicted octanol–water partition coefficient (Wildman–Crippen LogP) is 3.75. The van der Waals surface area contributed by atoms with Gasteiger partial charge in [-0.3, -0.25) is 4.98 Å². The maximum absolute atomic E-state index is 6.13. The molecule has 17 heavy (non-hydrogen) atoms. The molecule has 3 rings (SSSR count). The van der Waals surface area contributed by atoms with Crippen LogP contribution in [0.1, 0.15) is 22.7 Å². The van der Waals surface area contributed by atoms with E-state index in [2.05, 4.69) is 29.4 Å². The third kappa shape index (κ3) is 1.79. The lowest BCUT2D eigenvalue weighted by Crippen LogP contribution is -2.06. The molecule has 2 nitrogen and oxygen atoms in total. The van der Waals surface area contributed by atoms with Crippen LogP contribution in [0.4, 0.5) is 5.69 Å². The first-order chi connectivity index (χ1) is 8.25. The monoisotopic (exact) mass is 244 g/mol. The van der Waals surface area contributed by atoms with E-state index in [0.717, 1.165) is 17.0 Å². The van der Waals surface area contributed by atoms with E-state index >= 15 is 0 Å². The van der Waals surface area contributed by atoms with Crippen molar-refractivity contribution in [2.24, 2.45) is 0 Å². The van der Waals surface area contributed by atoms with Gasteiger partial charge >= 0.3 is 0 Å². The highest BCUT2D eigenvalue weighted by molar-refractivity contribution is 6.31. The van der Waals surface area contributed by atoms with Gasteiger partial charge in [-0.05, 0) is 42.2 Å². The molecule has 0 spiro atoms. The number of rotatable bonds is 1. The van der Waals surface area contributed by atoms with E-state index in [9.17, 15) is 0 Å². The summed E-state index contributed by atoms with van der Waals surface area (Å²) in [5.74, 6) is 0. The average Bonchev–Trinajstić information content (AvgIpc) is 2.80. The number of hydrogen-bond acceptors (Lipinski definition) is 2. The predicted molar refractivity (Wildman–Crippen MR) is 70.5 cm³/mol. The summed E-state index contributed by atoms with van der Waals surface area (Å²) in [5, 5.41) is 4.36. The topological polar surface area (TPSA) is 24.9 Å². The number of nitrogens with zero attached hydrogens (tertiary/aromatic N) is 1. The quantitative estimate of drug-likeness (QED) is 0.826. The van der Waals surface area contributed by atoms with Gasteiger partial charge in [0, 0.05) is 23.1 Å². The second-order valence-corrected chi connectivity index (χ2v) is 4.80. The number of fused-ring (bicyclic) bond motifs is 1. The summed E-state index contributed by atoms with van der Waals surface area (Å²) in [5.41, 5.74) is 4.88. The molecule has 1 atom stereocenters. The molecule has 0 aliphatic carbocycles. The number of hydrogen-bond donors (Lipinski definition) is 1. The van der Waals surface area contributed by atoms with Crippen molar-refractivity contribution in [2.45, 2.75) is 19.4 Å². The number of nitrogens with one attached hydrogen (secondary N) is 1. The fourth-order valence-corrected chi connectivity index (χ4v) is 2.50. The third-order valence-electron chi connectivity index (χ3n) is 3.31. The first-order valence-corrected chi connectivity index (χ1v) is 6.08. The Balaban J connectivity index is 1.96. The van der Waals surface area contributed by atoms with Crippen LogP contribution in [0, 0.1) is 6.92 Å². The van der Waals surface area contributed by atoms with Crippen molar-refractivity contribution in [3.05, 3.63) is 58.4 Å². The van der Waals surface area contributed by atoms with Crippen LogP contribution in [0.3, 0.4) is 0 Å². The molecule has 0 bridgehead atoms. The van der Waals surface area contributed by atoms with Gasteiger partial charge in [0.2, 0.25) is 0 Å². The molecule has 2 heterocycles. The van der Waals surface area contributed by atoms with Crippen LogP contribution in [0.2, 0.25) is 5.02 Å². The summed E-state index contributed by atoms with van der Waals surface area (Å²) in [7, 11) is 0. The first-order valence-electron chi connectivity index (χ1n) is 5.70. The smallest absolute Gasteiger partial charge is 0.0570 e. The van der Waals surface area contributed by atoms with Crippen molar-refractivity contribution in [1.29, 1.82) is 0 Å². The maximum atomic E-state index is 6.13. The van der Waals surface area contributed by atoms with Gasteiger partial charge in [-0.2, -0.15) is 0 Å². The number of aromatic nitrogens is 1. The molecular formula is C14H13ClN2. The Morgan fingerprint density at radius 2 is 2.24 bits per heavy atom. The molecule has 1 unspecified atom stereocenters. The van der Waals surface area contributed by atoms with E-state index < -0.39 is 0 Å². The fraction of sp³-hybridized carbons (Fsp3) is 0.214. The van der Waals surface area contributed by atoms with Crippen LogP contribution in [0.25, 0.3) is 0 Å². The van der Waals surface area contributed by atoms with Gasteiger partial charge in [-0.15, -0.1) is 0 Å². The Bertz CT molecular complexity index is 552. The van der Waals surface area contributed by atoms with E-state index in [0.29, 0.717) is 6.04 Å². The Morgan fingerprint density at radius 3 is 3.00 bits per heavy atom. The SMILES string of the molecule is Cc1c(Cl)ccc2c1NC(c1cccnc1)C2. The molecule has 0 saturated carbocycles. The van der Waals surface area contributed by atoms with Crippen LogP contribution in [-0.2, 0) is 6.42 Å². The lowest BCUT2D eigenvalue weighted by molar-refractivity contribution is 0.817. The summed E-state index contributed by atoms with van der Waals surface area (Å²) in [4.78, 5) is 4.17. The van der Waals surface area contributed by atoms with Gasteiger partial charge in [0.05, 0.1) is 6.04 Å². The maximum Gasteiger partial charge on any atom is 0.0570 e. The van der Waals surface area contributed by atoms with Crippen LogP contribution in [-0.4, -0.2) is 4.98 Å². The summed E-state index contributed by atoms with van der Waals surface area (Å²) in [6, 6.07) is 8.47. The molecule has 3 heteroatoms. The lowest BCUT2D eigenvalue weighted by Gasteiger charge is -2.11. The number of benzene rings is 1. The van der Waals surface area contributed by atoms with Gasteiger partial charge in [0.1, 0.15) is 0 Å². The van der Waals surface area contributed by atoms with Crippen molar-refractivity contribution in [3.8, 4) is 0 Å². The summed E-state index contributed by atoms with van der Waals surface area (Å²) in [6.45, 7) is 2.06. The van der Waals surface area contributed by atoms with Crippen molar-refractivity contribution in [1.82, 2.24) is 4.98 Å². The molecule has 0 amide bonds. The zero-order chi connectivity index (χ0) is 11.8. The number of halogens is 1. The van der Waals surface area contributed by atoms with E-state index in [1.165, 1.54) is 16.8 Å². The lowest BCUT2D eigenvalue weighted by atomic mass is 10.0. The highest BCUT2D eigenvalue weighted by Gasteiger charge is 2.24. The standard InChI is InChI=1S/C14H13ClN2/c1-9-12(15)5-4-10-7-13(17-14(9)10)11-3-2-6-16-8-11/h2-6,8,13,17H,7H2,1H3. The Morgan fingerprint density at radius 1 is 1.35 bits per heavy atom.